The first-order valence-corrected chi connectivity index (χ1v) is 5.27. The second-order valence-corrected chi connectivity index (χ2v) is 4.09. The van der Waals surface area contributed by atoms with Gasteiger partial charge in [0.05, 0.1) is 6.20 Å². The Morgan fingerprint density at radius 1 is 1.69 bits per heavy atom. The molecule has 0 amide bonds. The summed E-state index contributed by atoms with van der Waals surface area (Å²) in [6.07, 6.45) is 4.10. The maximum absolute atomic E-state index is 10.5. The van der Waals surface area contributed by atoms with E-state index in [4.69, 9.17) is 5.14 Å². The maximum atomic E-state index is 10.5. The van der Waals surface area contributed by atoms with E-state index in [1.807, 2.05) is 6.20 Å². The van der Waals surface area contributed by atoms with Gasteiger partial charge in [-0.15, -0.1) is 0 Å². The molecule has 74 valence electrons. The Morgan fingerprint density at radius 3 is 2.85 bits per heavy atom. The first-order valence-electron chi connectivity index (χ1n) is 3.72. The molecule has 0 fully saturated rings. The highest BCUT2D eigenvalue weighted by molar-refractivity contribution is 7.87. The molecule has 0 aliphatic heterocycles. The van der Waals surface area contributed by atoms with Gasteiger partial charge in [-0.1, -0.05) is 0 Å². The molecule has 3 N–H and O–H groups in total. The molecule has 1 aromatic heterocycles. The minimum absolute atomic E-state index is 0.296. The van der Waals surface area contributed by atoms with Crippen LogP contribution in [-0.2, 0) is 23.7 Å². The first-order chi connectivity index (χ1) is 5.97. The molecule has 0 spiro atoms. The van der Waals surface area contributed by atoms with Crippen LogP contribution in [-0.4, -0.2) is 24.7 Å². The van der Waals surface area contributed by atoms with Crippen LogP contribution in [0.4, 0.5) is 0 Å². The maximum Gasteiger partial charge on any atom is 0.274 e. The monoisotopic (exact) mass is 204 g/mol. The predicted molar refractivity (Wildman–Crippen MR) is 48.0 cm³/mol. The number of hydrogen-bond donors (Lipinski definition) is 2. The molecule has 0 bridgehead atoms. The summed E-state index contributed by atoms with van der Waals surface area (Å²) >= 11 is 0. The van der Waals surface area contributed by atoms with Crippen LogP contribution in [0.3, 0.4) is 0 Å². The van der Waals surface area contributed by atoms with Gasteiger partial charge >= 0.3 is 0 Å². The number of aryl methyl sites for hydroxylation is 1. The van der Waals surface area contributed by atoms with Crippen molar-refractivity contribution >= 4 is 10.2 Å². The Labute approximate surface area is 76.9 Å². The molecular weight excluding hydrogens is 192 g/mol. The van der Waals surface area contributed by atoms with E-state index in [2.05, 4.69) is 9.82 Å². The fourth-order valence-electron chi connectivity index (χ4n) is 0.939. The van der Waals surface area contributed by atoms with E-state index >= 15 is 0 Å². The van der Waals surface area contributed by atoms with Crippen LogP contribution in [0.1, 0.15) is 5.56 Å². The summed E-state index contributed by atoms with van der Waals surface area (Å²) in [5.41, 5.74) is 0.971. The number of rotatable bonds is 4. The summed E-state index contributed by atoms with van der Waals surface area (Å²) < 4.78 is 24.8. The number of aromatic nitrogens is 2. The number of nitrogens with one attached hydrogen (secondary N) is 1. The van der Waals surface area contributed by atoms with E-state index in [1.54, 1.807) is 17.9 Å². The van der Waals surface area contributed by atoms with Crippen LogP contribution >= 0.6 is 0 Å². The van der Waals surface area contributed by atoms with E-state index in [-0.39, 0.29) is 0 Å². The molecule has 0 unspecified atom stereocenters. The standard InChI is InChI=1S/C6H12N4O2S/c1-10-5-6(4-8-10)2-3-9-13(7,11)12/h4-5,9H,2-3H2,1H3,(H2,7,11,12). The molecule has 1 heterocycles. The summed E-state index contributed by atoms with van der Waals surface area (Å²) in [6, 6.07) is 0. The molecule has 0 saturated heterocycles. The van der Waals surface area contributed by atoms with Crippen LogP contribution < -0.4 is 9.86 Å². The number of nitrogens with two attached hydrogens (primary N) is 1. The fourth-order valence-corrected chi connectivity index (χ4v) is 1.33. The van der Waals surface area contributed by atoms with Crippen molar-refractivity contribution in [2.75, 3.05) is 6.54 Å². The average molecular weight is 204 g/mol. The van der Waals surface area contributed by atoms with Crippen molar-refractivity contribution < 1.29 is 8.42 Å². The van der Waals surface area contributed by atoms with Crippen molar-refractivity contribution in [3.05, 3.63) is 18.0 Å². The summed E-state index contributed by atoms with van der Waals surface area (Å²) in [6.45, 7) is 0.296. The smallest absolute Gasteiger partial charge is 0.274 e. The van der Waals surface area contributed by atoms with Crippen LogP contribution in [0.2, 0.25) is 0 Å². The minimum atomic E-state index is -3.56. The molecule has 0 radical (unpaired) electrons. The zero-order valence-electron chi connectivity index (χ0n) is 7.27. The van der Waals surface area contributed by atoms with Gasteiger partial charge in [-0.25, -0.2) is 9.86 Å². The Balaban J connectivity index is 2.36. The van der Waals surface area contributed by atoms with Gasteiger partial charge in [-0.05, 0) is 12.0 Å². The van der Waals surface area contributed by atoms with Gasteiger partial charge in [0.2, 0.25) is 0 Å². The van der Waals surface area contributed by atoms with Gasteiger partial charge < -0.3 is 0 Å². The van der Waals surface area contributed by atoms with Crippen LogP contribution in [0, 0.1) is 0 Å². The van der Waals surface area contributed by atoms with Crippen LogP contribution in [0.15, 0.2) is 12.4 Å². The van der Waals surface area contributed by atoms with E-state index < -0.39 is 10.2 Å². The quantitative estimate of drug-likeness (QED) is 0.642. The molecule has 0 aliphatic carbocycles. The molecule has 0 atom stereocenters. The second-order valence-electron chi connectivity index (χ2n) is 2.71. The Bertz CT molecular complexity index is 370. The molecule has 0 aliphatic rings. The number of nitrogens with zero attached hydrogens (tertiary/aromatic N) is 2. The second kappa shape index (κ2) is 3.86. The third kappa shape index (κ3) is 4.02. The third-order valence-corrected chi connectivity index (χ3v) is 2.08. The summed E-state index contributed by atoms with van der Waals surface area (Å²) in [7, 11) is -1.76. The molecule has 1 rings (SSSR count). The van der Waals surface area contributed by atoms with Crippen molar-refractivity contribution in [2.45, 2.75) is 6.42 Å². The Hall–Kier alpha value is -0.920. The molecule has 1 aromatic rings. The molecule has 6 nitrogen and oxygen atoms in total. The Morgan fingerprint density at radius 2 is 2.38 bits per heavy atom. The van der Waals surface area contributed by atoms with Gasteiger partial charge in [0.1, 0.15) is 0 Å². The molecular formula is C6H12N4O2S. The van der Waals surface area contributed by atoms with Crippen molar-refractivity contribution in [1.82, 2.24) is 14.5 Å². The summed E-state index contributed by atoms with van der Waals surface area (Å²) in [5.74, 6) is 0. The highest BCUT2D eigenvalue weighted by Gasteiger charge is 2.01. The van der Waals surface area contributed by atoms with Crippen molar-refractivity contribution in [1.29, 1.82) is 0 Å². The van der Waals surface area contributed by atoms with E-state index in [0.29, 0.717) is 13.0 Å². The van der Waals surface area contributed by atoms with Gasteiger partial charge in [0.25, 0.3) is 10.2 Å². The van der Waals surface area contributed by atoms with Crippen molar-refractivity contribution in [2.24, 2.45) is 12.2 Å². The van der Waals surface area contributed by atoms with E-state index in [0.717, 1.165) is 5.56 Å². The summed E-state index contributed by atoms with van der Waals surface area (Å²) in [4.78, 5) is 0. The normalized spacial score (nSPS) is 11.8. The predicted octanol–water partition coefficient (Wildman–Crippen LogP) is -1.24. The highest BCUT2D eigenvalue weighted by atomic mass is 32.2. The molecule has 0 aromatic carbocycles. The minimum Gasteiger partial charge on any atom is -0.276 e. The first kappa shape index (κ1) is 10.2. The third-order valence-electron chi connectivity index (χ3n) is 1.48. The van der Waals surface area contributed by atoms with Gasteiger partial charge in [-0.2, -0.15) is 13.5 Å². The van der Waals surface area contributed by atoms with E-state index in [9.17, 15) is 8.42 Å². The van der Waals surface area contributed by atoms with Crippen LogP contribution in [0.5, 0.6) is 0 Å². The van der Waals surface area contributed by atoms with Gasteiger partial charge in [-0.3, -0.25) is 4.68 Å². The van der Waals surface area contributed by atoms with Crippen LogP contribution in [0.25, 0.3) is 0 Å². The van der Waals surface area contributed by atoms with Gasteiger partial charge in [0.15, 0.2) is 0 Å². The zero-order chi connectivity index (χ0) is 9.90. The topological polar surface area (TPSA) is 90.0 Å². The molecule has 0 saturated carbocycles. The summed E-state index contributed by atoms with van der Waals surface area (Å²) in [5, 5.41) is 8.68. The number of hydrogen-bond acceptors (Lipinski definition) is 3. The largest absolute Gasteiger partial charge is 0.276 e. The van der Waals surface area contributed by atoms with Crippen molar-refractivity contribution in [3.63, 3.8) is 0 Å². The lowest BCUT2D eigenvalue weighted by atomic mass is 10.3. The van der Waals surface area contributed by atoms with Gasteiger partial charge in [0, 0.05) is 19.8 Å². The Kier molecular flexibility index (Phi) is 3.02. The van der Waals surface area contributed by atoms with Crippen molar-refractivity contribution in [3.8, 4) is 0 Å². The lowest BCUT2D eigenvalue weighted by molar-refractivity contribution is 0.583. The van der Waals surface area contributed by atoms with E-state index in [1.165, 1.54) is 0 Å². The average Bonchev–Trinajstić information content (AvgIpc) is 2.33. The lowest BCUT2D eigenvalue weighted by Gasteiger charge is -1.98. The lowest BCUT2D eigenvalue weighted by Crippen LogP contribution is -2.32. The SMILES string of the molecule is Cn1cc(CCNS(N)(=O)=O)cn1. The fraction of sp³-hybridized carbons (Fsp3) is 0.500. The molecule has 7 heteroatoms. The highest BCUT2D eigenvalue weighted by Crippen LogP contribution is 1.95. The molecule has 13 heavy (non-hydrogen) atoms. The zero-order valence-corrected chi connectivity index (χ0v) is 8.08.